The van der Waals surface area contributed by atoms with E-state index in [1.807, 2.05) is 12.1 Å². The van der Waals surface area contributed by atoms with E-state index >= 15 is 0 Å². The topological polar surface area (TPSA) is 65.0 Å². The first-order chi connectivity index (χ1) is 13.6. The highest BCUT2D eigenvalue weighted by Gasteiger charge is 2.12. The van der Waals surface area contributed by atoms with Gasteiger partial charge >= 0.3 is 5.97 Å². The summed E-state index contributed by atoms with van der Waals surface area (Å²) in [4.78, 5) is 11.8. The third-order valence-electron chi connectivity index (χ3n) is 4.39. The van der Waals surface area contributed by atoms with Crippen molar-refractivity contribution in [2.75, 3.05) is 20.8 Å². The zero-order valence-electron chi connectivity index (χ0n) is 16.7. The van der Waals surface area contributed by atoms with Gasteiger partial charge in [-0.1, -0.05) is 44.4 Å². The van der Waals surface area contributed by atoms with Gasteiger partial charge in [-0.25, -0.2) is 4.79 Å². The van der Waals surface area contributed by atoms with Crippen molar-refractivity contribution >= 4 is 17.6 Å². The third-order valence-corrected chi connectivity index (χ3v) is 4.39. The Kier molecular flexibility index (Phi) is 8.40. The molecule has 0 spiro atoms. The van der Waals surface area contributed by atoms with Crippen LogP contribution < -0.4 is 14.2 Å². The maximum Gasteiger partial charge on any atom is 0.336 e. The summed E-state index contributed by atoms with van der Waals surface area (Å²) in [5, 5.41) is 9.65. The molecule has 5 heteroatoms. The number of aliphatic carboxylic acids is 1. The number of unbranched alkanes of at least 4 members (excludes halogenated alkanes) is 3. The van der Waals surface area contributed by atoms with Gasteiger partial charge in [0.05, 0.1) is 26.4 Å². The molecular formula is C23H28O5. The fraction of sp³-hybridized carbons (Fsp3) is 0.348. The van der Waals surface area contributed by atoms with Crippen LogP contribution in [0.1, 0.15) is 43.7 Å². The van der Waals surface area contributed by atoms with E-state index < -0.39 is 5.97 Å². The van der Waals surface area contributed by atoms with Crippen molar-refractivity contribution in [3.8, 4) is 17.2 Å². The summed E-state index contributed by atoms with van der Waals surface area (Å²) in [6.07, 6.45) is 6.09. The zero-order chi connectivity index (χ0) is 20.4. The Labute approximate surface area is 166 Å². The van der Waals surface area contributed by atoms with Gasteiger partial charge in [-0.2, -0.15) is 0 Å². The molecule has 2 rings (SSSR count). The Morgan fingerprint density at radius 2 is 1.71 bits per heavy atom. The second kappa shape index (κ2) is 11.0. The number of rotatable bonds is 11. The highest BCUT2D eigenvalue weighted by atomic mass is 16.5. The average Bonchev–Trinajstić information content (AvgIpc) is 2.72. The summed E-state index contributed by atoms with van der Waals surface area (Å²) < 4.78 is 16.4. The molecule has 0 aliphatic heterocycles. The van der Waals surface area contributed by atoms with Gasteiger partial charge in [0.25, 0.3) is 0 Å². The molecule has 2 aromatic carbocycles. The van der Waals surface area contributed by atoms with Crippen molar-refractivity contribution in [3.63, 3.8) is 0 Å². The monoisotopic (exact) mass is 384 g/mol. The summed E-state index contributed by atoms with van der Waals surface area (Å²) in [6, 6.07) is 12.4. The standard InChI is InChI=1S/C23H28O5/c1-4-5-6-7-14-28-22-16-17(8-13-21(22)27-3)15-20(23(24)25)18-9-11-19(26-2)12-10-18/h8-13,15-16H,4-7,14H2,1-3H3,(H,24,25)/b20-15-. The van der Waals surface area contributed by atoms with E-state index in [0.717, 1.165) is 18.4 Å². The van der Waals surface area contributed by atoms with Gasteiger partial charge in [0.1, 0.15) is 5.75 Å². The molecule has 2 aromatic rings. The number of carboxylic acids is 1. The number of carboxylic acid groups (broad SMARTS) is 1. The lowest BCUT2D eigenvalue weighted by Gasteiger charge is -2.12. The zero-order valence-corrected chi connectivity index (χ0v) is 16.7. The number of carbonyl (C=O) groups is 1. The predicted molar refractivity (Wildman–Crippen MR) is 111 cm³/mol. The predicted octanol–water partition coefficient (Wildman–Crippen LogP) is 5.29. The number of hydrogen-bond donors (Lipinski definition) is 1. The molecule has 5 nitrogen and oxygen atoms in total. The second-order valence-corrected chi connectivity index (χ2v) is 6.41. The lowest BCUT2D eigenvalue weighted by atomic mass is 10.0. The van der Waals surface area contributed by atoms with Crippen molar-refractivity contribution in [2.45, 2.75) is 32.6 Å². The number of hydrogen-bond acceptors (Lipinski definition) is 4. The molecule has 0 unspecified atom stereocenters. The number of methoxy groups -OCH3 is 2. The van der Waals surface area contributed by atoms with E-state index in [1.54, 1.807) is 50.6 Å². The molecule has 0 aliphatic carbocycles. The van der Waals surface area contributed by atoms with Crippen molar-refractivity contribution < 1.29 is 24.1 Å². The molecule has 0 radical (unpaired) electrons. The number of ether oxygens (including phenoxy) is 3. The van der Waals surface area contributed by atoms with Crippen LogP contribution in [-0.2, 0) is 4.79 Å². The molecule has 0 atom stereocenters. The maximum atomic E-state index is 11.8. The third kappa shape index (κ3) is 6.05. The summed E-state index contributed by atoms with van der Waals surface area (Å²) in [6.45, 7) is 2.77. The molecule has 0 aromatic heterocycles. The number of benzene rings is 2. The average molecular weight is 384 g/mol. The Bertz CT molecular complexity index is 793. The van der Waals surface area contributed by atoms with Crippen molar-refractivity contribution in [1.82, 2.24) is 0 Å². The molecule has 0 saturated heterocycles. The van der Waals surface area contributed by atoms with Crippen LogP contribution in [0.15, 0.2) is 42.5 Å². The molecule has 0 amide bonds. The lowest BCUT2D eigenvalue weighted by molar-refractivity contribution is -0.130. The Morgan fingerprint density at radius 3 is 2.32 bits per heavy atom. The van der Waals surface area contributed by atoms with E-state index in [0.29, 0.717) is 29.4 Å². The van der Waals surface area contributed by atoms with Gasteiger partial charge < -0.3 is 19.3 Å². The molecule has 150 valence electrons. The van der Waals surface area contributed by atoms with E-state index in [2.05, 4.69) is 6.92 Å². The van der Waals surface area contributed by atoms with Gasteiger partial charge in [-0.3, -0.25) is 0 Å². The Morgan fingerprint density at radius 1 is 0.964 bits per heavy atom. The van der Waals surface area contributed by atoms with Crippen LogP contribution in [0.3, 0.4) is 0 Å². The van der Waals surface area contributed by atoms with Crippen LogP contribution in [0, 0.1) is 0 Å². The van der Waals surface area contributed by atoms with E-state index in [1.165, 1.54) is 12.8 Å². The minimum atomic E-state index is -0.997. The fourth-order valence-corrected chi connectivity index (χ4v) is 2.81. The molecule has 0 bridgehead atoms. The second-order valence-electron chi connectivity index (χ2n) is 6.41. The molecule has 0 saturated carbocycles. The largest absolute Gasteiger partial charge is 0.497 e. The minimum Gasteiger partial charge on any atom is -0.497 e. The van der Waals surface area contributed by atoms with Gasteiger partial charge in [0.2, 0.25) is 0 Å². The highest BCUT2D eigenvalue weighted by molar-refractivity contribution is 6.20. The summed E-state index contributed by atoms with van der Waals surface area (Å²) in [7, 11) is 3.17. The van der Waals surface area contributed by atoms with E-state index in [-0.39, 0.29) is 5.57 Å². The first-order valence-corrected chi connectivity index (χ1v) is 9.49. The van der Waals surface area contributed by atoms with Gasteiger partial charge in [0.15, 0.2) is 11.5 Å². The SMILES string of the molecule is CCCCCCOc1cc(/C=C(\C(=O)O)c2ccc(OC)cc2)ccc1OC. The van der Waals surface area contributed by atoms with Crippen LogP contribution >= 0.6 is 0 Å². The molecule has 0 heterocycles. The fourth-order valence-electron chi connectivity index (χ4n) is 2.81. The molecular weight excluding hydrogens is 356 g/mol. The lowest BCUT2D eigenvalue weighted by Crippen LogP contribution is -2.01. The molecule has 0 fully saturated rings. The smallest absolute Gasteiger partial charge is 0.336 e. The van der Waals surface area contributed by atoms with E-state index in [4.69, 9.17) is 14.2 Å². The van der Waals surface area contributed by atoms with Crippen LogP contribution in [0.2, 0.25) is 0 Å². The molecule has 28 heavy (non-hydrogen) atoms. The van der Waals surface area contributed by atoms with Gasteiger partial charge in [0, 0.05) is 0 Å². The van der Waals surface area contributed by atoms with Crippen molar-refractivity contribution in [2.24, 2.45) is 0 Å². The normalized spacial score (nSPS) is 11.2. The Hall–Kier alpha value is -2.95. The minimum absolute atomic E-state index is 0.196. The van der Waals surface area contributed by atoms with Gasteiger partial charge in [-0.15, -0.1) is 0 Å². The summed E-state index contributed by atoms with van der Waals surface area (Å²) in [5.74, 6) is 0.931. The van der Waals surface area contributed by atoms with Gasteiger partial charge in [-0.05, 0) is 47.9 Å². The molecule has 0 aliphatic rings. The quantitative estimate of drug-likeness (QED) is 0.324. The maximum absolute atomic E-state index is 11.8. The summed E-state index contributed by atoms with van der Waals surface area (Å²) in [5.41, 5.74) is 1.53. The van der Waals surface area contributed by atoms with Crippen LogP contribution in [0.25, 0.3) is 11.6 Å². The van der Waals surface area contributed by atoms with Crippen LogP contribution in [0.5, 0.6) is 17.2 Å². The molecule has 1 N–H and O–H groups in total. The van der Waals surface area contributed by atoms with Crippen molar-refractivity contribution in [3.05, 3.63) is 53.6 Å². The van der Waals surface area contributed by atoms with Crippen LogP contribution in [-0.4, -0.2) is 31.9 Å². The first-order valence-electron chi connectivity index (χ1n) is 9.49. The highest BCUT2D eigenvalue weighted by Crippen LogP contribution is 2.30. The Balaban J connectivity index is 2.25. The first kappa shape index (κ1) is 21.4. The summed E-state index contributed by atoms with van der Waals surface area (Å²) >= 11 is 0. The van der Waals surface area contributed by atoms with Crippen LogP contribution in [0.4, 0.5) is 0 Å². The van der Waals surface area contributed by atoms with E-state index in [9.17, 15) is 9.90 Å². The van der Waals surface area contributed by atoms with Crippen molar-refractivity contribution in [1.29, 1.82) is 0 Å².